The van der Waals surface area contributed by atoms with E-state index in [1.165, 1.54) is 0 Å². The number of benzene rings is 2. The summed E-state index contributed by atoms with van der Waals surface area (Å²) < 4.78 is 10.4. The number of hydrogen-bond acceptors (Lipinski definition) is 6. The second-order valence-corrected chi connectivity index (χ2v) is 7.81. The van der Waals surface area contributed by atoms with Crippen LogP contribution in [0.1, 0.15) is 41.6 Å². The number of carbonyl (C=O) groups excluding carboxylic acids is 2. The number of rotatable bonds is 7. The van der Waals surface area contributed by atoms with Gasteiger partial charge in [-0.15, -0.1) is 0 Å². The van der Waals surface area contributed by atoms with Crippen LogP contribution in [0, 0.1) is 6.92 Å². The molecule has 0 spiro atoms. The van der Waals surface area contributed by atoms with Gasteiger partial charge in [0.15, 0.2) is 12.4 Å². The van der Waals surface area contributed by atoms with Crippen LogP contribution in [0.15, 0.2) is 68.9 Å². The fraction of sp³-hybridized carbons (Fsp3) is 0.227. The second-order valence-electron chi connectivity index (χ2n) is 6.70. The van der Waals surface area contributed by atoms with Gasteiger partial charge < -0.3 is 14.6 Å². The van der Waals surface area contributed by atoms with Crippen molar-refractivity contribution < 1.29 is 18.8 Å². The number of nitrogens with zero attached hydrogens (tertiary/aromatic N) is 1. The smallest absolute Gasteiger partial charge is 0.344 e. The third kappa shape index (κ3) is 5.26. The summed E-state index contributed by atoms with van der Waals surface area (Å²) in [6.45, 7) is 5.06. The van der Waals surface area contributed by atoms with Gasteiger partial charge in [-0.3, -0.25) is 4.79 Å². The minimum absolute atomic E-state index is 0.0190. The van der Waals surface area contributed by atoms with Crippen LogP contribution in [0.3, 0.4) is 0 Å². The minimum Gasteiger partial charge on any atom is -0.452 e. The Kier molecular flexibility index (Phi) is 6.72. The van der Waals surface area contributed by atoms with Gasteiger partial charge in [-0.2, -0.15) is 0 Å². The number of carbonyl (C=O) groups is 2. The first-order valence-electron chi connectivity index (χ1n) is 9.20. The van der Waals surface area contributed by atoms with Crippen molar-refractivity contribution in [3.05, 3.63) is 71.6 Å². The van der Waals surface area contributed by atoms with Gasteiger partial charge in [0, 0.05) is 15.7 Å². The molecule has 150 valence electrons. The SMILES string of the molecule is Cc1noc(C(C)C)c1C(=O)OCC(=O)Nc1ccccc1Sc1ccccc1. The molecule has 3 aromatic rings. The summed E-state index contributed by atoms with van der Waals surface area (Å²) in [6.07, 6.45) is 0. The number of esters is 1. The van der Waals surface area contributed by atoms with Crippen LogP contribution in [0.25, 0.3) is 0 Å². The highest BCUT2D eigenvalue weighted by Crippen LogP contribution is 2.33. The molecule has 0 bridgehead atoms. The first kappa shape index (κ1) is 20.7. The molecule has 1 N–H and O–H groups in total. The Morgan fingerprint density at radius 2 is 1.79 bits per heavy atom. The summed E-state index contributed by atoms with van der Waals surface area (Å²) >= 11 is 1.54. The number of hydrogen-bond donors (Lipinski definition) is 1. The molecule has 3 rings (SSSR count). The standard InChI is InChI=1S/C22H22N2O4S/c1-14(2)21-20(15(3)24-28-21)22(26)27-13-19(25)23-17-11-7-8-12-18(17)29-16-9-5-4-6-10-16/h4-12,14H,13H2,1-3H3,(H,23,25). The zero-order valence-electron chi connectivity index (χ0n) is 16.5. The molecule has 0 saturated carbocycles. The number of anilines is 1. The van der Waals surface area contributed by atoms with E-state index in [9.17, 15) is 9.59 Å². The molecule has 2 aromatic carbocycles. The Bertz CT molecular complexity index is 999. The molecule has 0 fully saturated rings. The number of aromatic nitrogens is 1. The Morgan fingerprint density at radius 3 is 2.52 bits per heavy atom. The normalized spacial score (nSPS) is 10.8. The maximum Gasteiger partial charge on any atom is 0.344 e. The first-order valence-corrected chi connectivity index (χ1v) is 10.0. The van der Waals surface area contributed by atoms with Crippen LogP contribution >= 0.6 is 11.8 Å². The van der Waals surface area contributed by atoms with Crippen molar-refractivity contribution in [1.29, 1.82) is 0 Å². The fourth-order valence-electron chi connectivity index (χ4n) is 2.69. The first-order chi connectivity index (χ1) is 14.0. The molecular weight excluding hydrogens is 388 g/mol. The maximum atomic E-state index is 12.4. The van der Waals surface area contributed by atoms with Gasteiger partial charge in [0.05, 0.1) is 11.4 Å². The van der Waals surface area contributed by atoms with E-state index in [-0.39, 0.29) is 11.5 Å². The number of amides is 1. The minimum atomic E-state index is -0.616. The van der Waals surface area contributed by atoms with E-state index >= 15 is 0 Å². The van der Waals surface area contributed by atoms with E-state index in [2.05, 4.69) is 10.5 Å². The van der Waals surface area contributed by atoms with Gasteiger partial charge in [-0.25, -0.2) is 4.79 Å². The highest BCUT2D eigenvalue weighted by atomic mass is 32.2. The summed E-state index contributed by atoms with van der Waals surface area (Å²) in [4.78, 5) is 26.7. The molecule has 29 heavy (non-hydrogen) atoms. The molecule has 1 aromatic heterocycles. The topological polar surface area (TPSA) is 81.4 Å². The Labute approximate surface area is 173 Å². The van der Waals surface area contributed by atoms with E-state index < -0.39 is 18.5 Å². The molecule has 6 nitrogen and oxygen atoms in total. The van der Waals surface area contributed by atoms with Gasteiger partial charge >= 0.3 is 5.97 Å². The fourth-order valence-corrected chi connectivity index (χ4v) is 3.62. The summed E-state index contributed by atoms with van der Waals surface area (Å²) in [5.41, 5.74) is 1.39. The molecule has 0 atom stereocenters. The molecule has 0 aliphatic heterocycles. The third-order valence-corrected chi connectivity index (χ3v) is 5.17. The predicted molar refractivity (Wildman–Crippen MR) is 111 cm³/mol. The molecule has 1 amide bonds. The van der Waals surface area contributed by atoms with Crippen LogP contribution in [0.4, 0.5) is 5.69 Å². The van der Waals surface area contributed by atoms with Crippen LogP contribution in [-0.4, -0.2) is 23.6 Å². The van der Waals surface area contributed by atoms with Crippen LogP contribution in [-0.2, 0) is 9.53 Å². The van der Waals surface area contributed by atoms with E-state index in [1.54, 1.807) is 18.7 Å². The molecule has 0 saturated heterocycles. The number of ether oxygens (including phenoxy) is 1. The zero-order chi connectivity index (χ0) is 20.8. The van der Waals surface area contributed by atoms with E-state index in [1.807, 2.05) is 68.4 Å². The van der Waals surface area contributed by atoms with Gasteiger partial charge in [0.1, 0.15) is 5.56 Å². The lowest BCUT2D eigenvalue weighted by Crippen LogP contribution is -2.21. The van der Waals surface area contributed by atoms with Crippen molar-refractivity contribution in [3.63, 3.8) is 0 Å². The molecule has 0 radical (unpaired) electrons. The van der Waals surface area contributed by atoms with E-state index in [4.69, 9.17) is 9.26 Å². The molecule has 0 unspecified atom stereocenters. The van der Waals surface area contributed by atoms with Gasteiger partial charge in [-0.05, 0) is 31.2 Å². The monoisotopic (exact) mass is 410 g/mol. The lowest BCUT2D eigenvalue weighted by atomic mass is 10.1. The molecule has 7 heteroatoms. The highest BCUT2D eigenvalue weighted by Gasteiger charge is 2.24. The Balaban J connectivity index is 1.63. The summed E-state index contributed by atoms with van der Waals surface area (Å²) in [5.74, 6) is -0.596. The maximum absolute atomic E-state index is 12.4. The van der Waals surface area contributed by atoms with Crippen molar-refractivity contribution in [2.24, 2.45) is 0 Å². The second kappa shape index (κ2) is 9.43. The Hall–Kier alpha value is -3.06. The van der Waals surface area contributed by atoms with E-state index in [0.717, 1.165) is 9.79 Å². The quantitative estimate of drug-likeness (QED) is 0.549. The van der Waals surface area contributed by atoms with Crippen LogP contribution < -0.4 is 5.32 Å². The average molecular weight is 410 g/mol. The summed E-state index contributed by atoms with van der Waals surface area (Å²) in [5, 5.41) is 6.63. The van der Waals surface area contributed by atoms with Crippen molar-refractivity contribution in [1.82, 2.24) is 5.16 Å². The third-order valence-electron chi connectivity index (χ3n) is 4.08. The zero-order valence-corrected chi connectivity index (χ0v) is 17.3. The van der Waals surface area contributed by atoms with Crippen molar-refractivity contribution >= 4 is 29.3 Å². The lowest BCUT2D eigenvalue weighted by molar-refractivity contribution is -0.119. The van der Waals surface area contributed by atoms with Gasteiger partial charge in [-0.1, -0.05) is 61.1 Å². The molecule has 1 heterocycles. The number of nitrogens with one attached hydrogen (secondary N) is 1. The summed E-state index contributed by atoms with van der Waals surface area (Å²) in [7, 11) is 0. The predicted octanol–water partition coefficient (Wildman–Crippen LogP) is 5.05. The van der Waals surface area contributed by atoms with Crippen LogP contribution in [0.2, 0.25) is 0 Å². The van der Waals surface area contributed by atoms with Crippen molar-refractivity contribution in [2.45, 2.75) is 36.5 Å². The van der Waals surface area contributed by atoms with Gasteiger partial charge in [0.25, 0.3) is 5.91 Å². The average Bonchev–Trinajstić information content (AvgIpc) is 3.10. The molecule has 0 aliphatic rings. The lowest BCUT2D eigenvalue weighted by Gasteiger charge is -2.11. The Morgan fingerprint density at radius 1 is 1.10 bits per heavy atom. The largest absolute Gasteiger partial charge is 0.452 e. The number of para-hydroxylation sites is 1. The number of aryl methyl sites for hydroxylation is 1. The summed E-state index contributed by atoms with van der Waals surface area (Å²) in [6, 6.07) is 17.4. The van der Waals surface area contributed by atoms with Gasteiger partial charge in [0.2, 0.25) is 0 Å². The van der Waals surface area contributed by atoms with Crippen molar-refractivity contribution in [2.75, 3.05) is 11.9 Å². The highest BCUT2D eigenvalue weighted by molar-refractivity contribution is 7.99. The van der Waals surface area contributed by atoms with Crippen molar-refractivity contribution in [3.8, 4) is 0 Å². The molecular formula is C22H22N2O4S. The van der Waals surface area contributed by atoms with E-state index in [0.29, 0.717) is 17.1 Å². The van der Waals surface area contributed by atoms with Crippen LogP contribution in [0.5, 0.6) is 0 Å². The molecule has 0 aliphatic carbocycles.